The number of pyridine rings is 1. The molecule has 0 bridgehead atoms. The topological polar surface area (TPSA) is 91.8 Å². The van der Waals surface area contributed by atoms with Crippen molar-refractivity contribution in [2.75, 3.05) is 26.7 Å². The molecule has 0 unspecified atom stereocenters. The number of hydrogen-bond donors (Lipinski definition) is 2. The van der Waals surface area contributed by atoms with Gasteiger partial charge in [-0.1, -0.05) is 24.3 Å². The molecule has 0 spiro atoms. The van der Waals surface area contributed by atoms with Gasteiger partial charge in [0.25, 0.3) is 0 Å². The molecule has 1 amide bonds. The van der Waals surface area contributed by atoms with Crippen LogP contribution in [0, 0.1) is 0 Å². The van der Waals surface area contributed by atoms with Crippen LogP contribution in [-0.4, -0.2) is 59.7 Å². The van der Waals surface area contributed by atoms with Gasteiger partial charge in [-0.05, 0) is 17.7 Å². The molecule has 1 saturated heterocycles. The van der Waals surface area contributed by atoms with Gasteiger partial charge in [0.05, 0.1) is 17.9 Å². The average Bonchev–Trinajstić information content (AvgIpc) is 2.68. The molecule has 7 heteroatoms. The largest absolute Gasteiger partial charge is 0.478 e. The van der Waals surface area contributed by atoms with Crippen LogP contribution in [0.2, 0.25) is 0 Å². The fourth-order valence-corrected chi connectivity index (χ4v) is 2.99. The van der Waals surface area contributed by atoms with Crippen LogP contribution in [0.4, 0.5) is 0 Å². The Kier molecular flexibility index (Phi) is 5.60. The van der Waals surface area contributed by atoms with E-state index in [0.29, 0.717) is 31.0 Å². The highest BCUT2D eigenvalue weighted by molar-refractivity contribution is 5.95. The zero-order chi connectivity index (χ0) is 18.5. The highest BCUT2D eigenvalue weighted by atomic mass is 16.5. The van der Waals surface area contributed by atoms with E-state index < -0.39 is 12.1 Å². The Balaban J connectivity index is 1.71. The summed E-state index contributed by atoms with van der Waals surface area (Å²) in [5.41, 5.74) is 2.45. The van der Waals surface area contributed by atoms with E-state index in [1.165, 1.54) is 0 Å². The van der Waals surface area contributed by atoms with Gasteiger partial charge in [0.2, 0.25) is 5.91 Å². The van der Waals surface area contributed by atoms with E-state index >= 15 is 0 Å². The van der Waals surface area contributed by atoms with Crippen LogP contribution in [0.1, 0.15) is 15.9 Å². The first-order chi connectivity index (χ1) is 12.6. The Morgan fingerprint density at radius 1 is 1.31 bits per heavy atom. The highest BCUT2D eigenvalue weighted by Crippen LogP contribution is 2.22. The summed E-state index contributed by atoms with van der Waals surface area (Å²) in [5.74, 6) is -1.09. The number of hydrogen-bond acceptors (Lipinski definition) is 5. The van der Waals surface area contributed by atoms with Gasteiger partial charge in [0.1, 0.15) is 6.10 Å². The number of morpholine rings is 1. The van der Waals surface area contributed by atoms with E-state index in [2.05, 4.69) is 15.2 Å². The monoisotopic (exact) mass is 355 g/mol. The molecule has 2 aromatic rings. The van der Waals surface area contributed by atoms with Crippen molar-refractivity contribution in [2.45, 2.75) is 12.6 Å². The van der Waals surface area contributed by atoms with Crippen molar-refractivity contribution < 1.29 is 19.4 Å². The van der Waals surface area contributed by atoms with Gasteiger partial charge in [-0.2, -0.15) is 0 Å². The predicted molar refractivity (Wildman–Crippen MR) is 95.7 cm³/mol. The minimum Gasteiger partial charge on any atom is -0.478 e. The summed E-state index contributed by atoms with van der Waals surface area (Å²) in [6, 6.07) is 10.6. The van der Waals surface area contributed by atoms with Crippen molar-refractivity contribution in [3.8, 4) is 11.3 Å². The van der Waals surface area contributed by atoms with Crippen LogP contribution in [0.3, 0.4) is 0 Å². The van der Waals surface area contributed by atoms with Gasteiger partial charge in [-0.3, -0.25) is 14.7 Å². The predicted octanol–water partition coefficient (Wildman–Crippen LogP) is 1.39. The molecule has 1 aromatic heterocycles. The fourth-order valence-electron chi connectivity index (χ4n) is 2.99. The number of amides is 1. The standard InChI is InChI=1S/C19H21N3O4/c1-20-18(23)17-12-22(8-9-26-17)11-13-6-7-16(21-10-13)14-4-2-3-5-15(14)19(24)25/h2-7,10,17H,8-9,11-12H2,1H3,(H,20,23)(H,24,25)/t17-/m0/s1. The number of carbonyl (C=O) groups is 2. The minimum atomic E-state index is -0.972. The maximum atomic E-state index is 11.7. The number of benzene rings is 1. The molecule has 1 aliphatic rings. The molecule has 1 aromatic carbocycles. The summed E-state index contributed by atoms with van der Waals surface area (Å²) in [4.78, 5) is 29.7. The molecular formula is C19H21N3O4. The number of nitrogens with one attached hydrogen (secondary N) is 1. The maximum absolute atomic E-state index is 11.7. The van der Waals surface area contributed by atoms with E-state index in [-0.39, 0.29) is 11.5 Å². The minimum absolute atomic E-state index is 0.117. The second-order valence-corrected chi connectivity index (χ2v) is 6.11. The number of ether oxygens (including phenoxy) is 1. The Labute approximate surface area is 151 Å². The highest BCUT2D eigenvalue weighted by Gasteiger charge is 2.25. The van der Waals surface area contributed by atoms with Gasteiger partial charge in [0.15, 0.2) is 0 Å². The Hall–Kier alpha value is -2.77. The quantitative estimate of drug-likeness (QED) is 0.842. The van der Waals surface area contributed by atoms with Gasteiger partial charge in [-0.15, -0.1) is 0 Å². The van der Waals surface area contributed by atoms with Gasteiger partial charge in [-0.25, -0.2) is 4.79 Å². The smallest absolute Gasteiger partial charge is 0.336 e. The zero-order valence-corrected chi connectivity index (χ0v) is 14.5. The fraction of sp³-hybridized carbons (Fsp3) is 0.316. The molecule has 1 atom stereocenters. The number of nitrogens with zero attached hydrogens (tertiary/aromatic N) is 2. The lowest BCUT2D eigenvalue weighted by Gasteiger charge is -2.31. The summed E-state index contributed by atoms with van der Waals surface area (Å²) < 4.78 is 5.49. The second-order valence-electron chi connectivity index (χ2n) is 6.11. The van der Waals surface area contributed by atoms with Crippen LogP contribution >= 0.6 is 0 Å². The van der Waals surface area contributed by atoms with Crippen molar-refractivity contribution in [3.05, 3.63) is 53.7 Å². The SMILES string of the molecule is CNC(=O)[C@@H]1CN(Cc2ccc(-c3ccccc3C(=O)O)nc2)CCO1. The van der Waals surface area contributed by atoms with Crippen LogP contribution < -0.4 is 5.32 Å². The van der Waals surface area contributed by atoms with E-state index in [4.69, 9.17) is 4.74 Å². The molecule has 136 valence electrons. The summed E-state index contributed by atoms with van der Waals surface area (Å²) in [6.45, 7) is 2.45. The number of likely N-dealkylation sites (N-methyl/N-ethyl adjacent to an activating group) is 1. The van der Waals surface area contributed by atoms with Crippen molar-refractivity contribution in [1.82, 2.24) is 15.2 Å². The lowest BCUT2D eigenvalue weighted by Crippen LogP contribution is -2.48. The van der Waals surface area contributed by atoms with Gasteiger partial charge >= 0.3 is 5.97 Å². The number of aromatic carboxylic acids is 1. The number of carboxylic acid groups (broad SMARTS) is 1. The zero-order valence-electron chi connectivity index (χ0n) is 14.5. The van der Waals surface area contributed by atoms with Gasteiger partial charge in [0, 0.05) is 38.4 Å². The van der Waals surface area contributed by atoms with Gasteiger partial charge < -0.3 is 15.2 Å². The normalized spacial score (nSPS) is 17.7. The molecule has 1 aliphatic heterocycles. The van der Waals surface area contributed by atoms with Crippen molar-refractivity contribution in [2.24, 2.45) is 0 Å². The molecule has 0 radical (unpaired) electrons. The Bertz CT molecular complexity index is 792. The summed E-state index contributed by atoms with van der Waals surface area (Å²) in [5, 5.41) is 11.9. The summed E-state index contributed by atoms with van der Waals surface area (Å²) in [6.07, 6.45) is 1.29. The number of aromatic nitrogens is 1. The average molecular weight is 355 g/mol. The molecule has 7 nitrogen and oxygen atoms in total. The third kappa shape index (κ3) is 4.07. The van der Waals surface area contributed by atoms with Crippen LogP contribution in [0.15, 0.2) is 42.6 Å². The molecule has 1 fully saturated rings. The third-order valence-corrected chi connectivity index (χ3v) is 4.35. The lowest BCUT2D eigenvalue weighted by atomic mass is 10.0. The summed E-state index contributed by atoms with van der Waals surface area (Å²) in [7, 11) is 1.60. The van der Waals surface area contributed by atoms with E-state index in [0.717, 1.165) is 12.1 Å². The van der Waals surface area contributed by atoms with E-state index in [1.807, 2.05) is 12.1 Å². The molecule has 26 heavy (non-hydrogen) atoms. The lowest BCUT2D eigenvalue weighted by molar-refractivity contribution is -0.138. The third-order valence-electron chi connectivity index (χ3n) is 4.35. The first-order valence-electron chi connectivity index (χ1n) is 8.41. The van der Waals surface area contributed by atoms with E-state index in [1.54, 1.807) is 37.5 Å². The van der Waals surface area contributed by atoms with Crippen LogP contribution in [-0.2, 0) is 16.1 Å². The molecular weight excluding hydrogens is 334 g/mol. The molecule has 2 N–H and O–H groups in total. The van der Waals surface area contributed by atoms with E-state index in [9.17, 15) is 14.7 Å². The number of carbonyl (C=O) groups excluding carboxylic acids is 1. The van der Waals surface area contributed by atoms with Crippen molar-refractivity contribution in [3.63, 3.8) is 0 Å². The molecule has 0 aliphatic carbocycles. The maximum Gasteiger partial charge on any atom is 0.336 e. The van der Waals surface area contributed by atoms with Crippen molar-refractivity contribution in [1.29, 1.82) is 0 Å². The first kappa shape index (κ1) is 18.0. The molecule has 0 saturated carbocycles. The molecule has 2 heterocycles. The Morgan fingerprint density at radius 3 is 2.81 bits per heavy atom. The number of carboxylic acids is 1. The van der Waals surface area contributed by atoms with Crippen molar-refractivity contribution >= 4 is 11.9 Å². The summed E-state index contributed by atoms with van der Waals surface area (Å²) >= 11 is 0. The Morgan fingerprint density at radius 2 is 2.12 bits per heavy atom. The number of rotatable bonds is 5. The van der Waals surface area contributed by atoms with Crippen LogP contribution in [0.5, 0.6) is 0 Å². The molecule has 3 rings (SSSR count). The van der Waals surface area contributed by atoms with Crippen LogP contribution in [0.25, 0.3) is 11.3 Å². The first-order valence-corrected chi connectivity index (χ1v) is 8.41. The second kappa shape index (κ2) is 8.07.